The van der Waals surface area contributed by atoms with Crippen LogP contribution in [0.4, 0.5) is 0 Å². The van der Waals surface area contributed by atoms with Gasteiger partial charge in [-0.15, -0.1) is 11.3 Å². The standard InChI is InChI=1S/C12H12BrNS2/c1-8(14)9-4-5-11(10(13)7-9)16-12-3-2-6-15-12/h2-8H,14H2,1H3/t8-/m1/s1. The smallest absolute Gasteiger partial charge is 0.0646 e. The summed E-state index contributed by atoms with van der Waals surface area (Å²) in [4.78, 5) is 1.23. The van der Waals surface area contributed by atoms with E-state index in [-0.39, 0.29) is 6.04 Å². The summed E-state index contributed by atoms with van der Waals surface area (Å²) in [6.45, 7) is 1.99. The minimum atomic E-state index is 0.0806. The van der Waals surface area contributed by atoms with Gasteiger partial charge in [-0.25, -0.2) is 0 Å². The Labute approximate surface area is 112 Å². The SMILES string of the molecule is C[C@@H](N)c1ccc(Sc2cccs2)c(Br)c1. The lowest BCUT2D eigenvalue weighted by Gasteiger charge is -2.08. The van der Waals surface area contributed by atoms with E-state index in [1.807, 2.05) is 6.92 Å². The summed E-state index contributed by atoms with van der Waals surface area (Å²) in [5.74, 6) is 0. The van der Waals surface area contributed by atoms with E-state index in [9.17, 15) is 0 Å². The second-order valence-corrected chi connectivity index (χ2v) is 6.66. The summed E-state index contributed by atoms with van der Waals surface area (Å²) in [6.07, 6.45) is 0. The highest BCUT2D eigenvalue weighted by molar-refractivity contribution is 9.10. The summed E-state index contributed by atoms with van der Waals surface area (Å²) in [5, 5.41) is 2.09. The van der Waals surface area contributed by atoms with Gasteiger partial charge in [-0.3, -0.25) is 0 Å². The van der Waals surface area contributed by atoms with E-state index in [0.29, 0.717) is 0 Å². The minimum absolute atomic E-state index is 0.0806. The number of rotatable bonds is 3. The highest BCUT2D eigenvalue weighted by Gasteiger charge is 2.06. The van der Waals surface area contributed by atoms with Crippen molar-refractivity contribution in [3.8, 4) is 0 Å². The molecule has 0 aliphatic rings. The molecule has 0 radical (unpaired) electrons. The van der Waals surface area contributed by atoms with Crippen LogP contribution in [0, 0.1) is 0 Å². The molecule has 0 fully saturated rings. The molecule has 0 amide bonds. The van der Waals surface area contributed by atoms with E-state index < -0.39 is 0 Å². The van der Waals surface area contributed by atoms with Gasteiger partial charge in [0, 0.05) is 15.4 Å². The molecule has 0 saturated heterocycles. The average Bonchev–Trinajstić information content (AvgIpc) is 2.73. The number of halogens is 1. The fourth-order valence-electron chi connectivity index (χ4n) is 1.31. The molecule has 4 heteroatoms. The van der Waals surface area contributed by atoms with Gasteiger partial charge in [0.2, 0.25) is 0 Å². The first kappa shape index (κ1) is 12.2. The Kier molecular flexibility index (Phi) is 4.08. The van der Waals surface area contributed by atoms with Crippen LogP contribution < -0.4 is 5.73 Å². The van der Waals surface area contributed by atoms with Crippen LogP contribution in [0.2, 0.25) is 0 Å². The predicted octanol–water partition coefficient (Wildman–Crippen LogP) is 4.68. The molecule has 0 bridgehead atoms. The van der Waals surface area contributed by atoms with E-state index in [0.717, 1.165) is 10.0 Å². The van der Waals surface area contributed by atoms with E-state index in [4.69, 9.17) is 5.73 Å². The Balaban J connectivity index is 2.23. The first-order valence-electron chi connectivity index (χ1n) is 4.93. The summed E-state index contributed by atoms with van der Waals surface area (Å²) < 4.78 is 2.41. The lowest BCUT2D eigenvalue weighted by Crippen LogP contribution is -2.04. The van der Waals surface area contributed by atoms with Gasteiger partial charge in [0.05, 0.1) is 4.21 Å². The number of hydrogen-bond acceptors (Lipinski definition) is 3. The van der Waals surface area contributed by atoms with Crippen LogP contribution in [0.5, 0.6) is 0 Å². The maximum Gasteiger partial charge on any atom is 0.0646 e. The molecule has 0 spiro atoms. The van der Waals surface area contributed by atoms with Crippen molar-refractivity contribution in [3.63, 3.8) is 0 Å². The number of benzene rings is 1. The van der Waals surface area contributed by atoms with Gasteiger partial charge in [-0.1, -0.05) is 23.9 Å². The molecule has 0 aliphatic carbocycles. The lowest BCUT2D eigenvalue weighted by molar-refractivity contribution is 0.815. The molecule has 16 heavy (non-hydrogen) atoms. The molecule has 1 aromatic carbocycles. The Morgan fingerprint density at radius 1 is 1.38 bits per heavy atom. The summed E-state index contributed by atoms with van der Waals surface area (Å²) in [5.41, 5.74) is 7.00. The Hall–Kier alpha value is -0.290. The minimum Gasteiger partial charge on any atom is -0.324 e. The lowest BCUT2D eigenvalue weighted by atomic mass is 10.1. The van der Waals surface area contributed by atoms with Crippen molar-refractivity contribution in [2.75, 3.05) is 0 Å². The van der Waals surface area contributed by atoms with Gasteiger partial charge in [0.25, 0.3) is 0 Å². The maximum absolute atomic E-state index is 5.84. The zero-order chi connectivity index (χ0) is 11.5. The van der Waals surface area contributed by atoms with Gasteiger partial charge in [0.15, 0.2) is 0 Å². The Morgan fingerprint density at radius 2 is 2.19 bits per heavy atom. The Morgan fingerprint density at radius 3 is 2.75 bits per heavy atom. The second-order valence-electron chi connectivity index (χ2n) is 3.51. The fraction of sp³-hybridized carbons (Fsp3) is 0.167. The largest absolute Gasteiger partial charge is 0.324 e. The molecule has 0 aliphatic heterocycles. The molecule has 0 saturated carbocycles. The van der Waals surface area contributed by atoms with E-state index in [2.05, 4.69) is 51.6 Å². The van der Waals surface area contributed by atoms with Gasteiger partial charge in [0.1, 0.15) is 0 Å². The van der Waals surface area contributed by atoms with Gasteiger partial charge in [-0.05, 0) is 52.0 Å². The quantitative estimate of drug-likeness (QED) is 0.890. The van der Waals surface area contributed by atoms with Crippen molar-refractivity contribution < 1.29 is 0 Å². The van der Waals surface area contributed by atoms with Crippen molar-refractivity contribution in [2.45, 2.75) is 22.1 Å². The summed E-state index contributed by atoms with van der Waals surface area (Å²) in [6, 6.07) is 10.6. The van der Waals surface area contributed by atoms with Crippen molar-refractivity contribution in [1.82, 2.24) is 0 Å². The molecule has 2 rings (SSSR count). The normalized spacial score (nSPS) is 12.7. The van der Waals surface area contributed by atoms with Crippen LogP contribution in [0.1, 0.15) is 18.5 Å². The maximum atomic E-state index is 5.84. The molecule has 84 valence electrons. The Bertz CT molecular complexity index is 466. The third-order valence-electron chi connectivity index (χ3n) is 2.19. The third kappa shape index (κ3) is 2.88. The average molecular weight is 314 g/mol. The molecule has 1 nitrogen and oxygen atoms in total. The van der Waals surface area contributed by atoms with Crippen molar-refractivity contribution in [3.05, 3.63) is 45.7 Å². The first-order chi connectivity index (χ1) is 7.66. The van der Waals surface area contributed by atoms with Crippen LogP contribution in [-0.4, -0.2) is 0 Å². The molecule has 2 N–H and O–H groups in total. The topological polar surface area (TPSA) is 26.0 Å². The molecule has 1 atom stereocenters. The van der Waals surface area contributed by atoms with Crippen LogP contribution in [-0.2, 0) is 0 Å². The molecule has 1 heterocycles. The molecule has 2 aromatic rings. The molecule has 1 aromatic heterocycles. The highest BCUT2D eigenvalue weighted by Crippen LogP contribution is 2.36. The van der Waals surface area contributed by atoms with Gasteiger partial charge >= 0.3 is 0 Å². The van der Waals surface area contributed by atoms with Crippen LogP contribution in [0.25, 0.3) is 0 Å². The van der Waals surface area contributed by atoms with Crippen LogP contribution in [0.3, 0.4) is 0 Å². The van der Waals surface area contributed by atoms with E-state index in [1.54, 1.807) is 23.1 Å². The highest BCUT2D eigenvalue weighted by atomic mass is 79.9. The summed E-state index contributed by atoms with van der Waals surface area (Å²) in [7, 11) is 0. The van der Waals surface area contributed by atoms with Crippen molar-refractivity contribution in [2.24, 2.45) is 5.73 Å². The van der Waals surface area contributed by atoms with Crippen molar-refractivity contribution in [1.29, 1.82) is 0 Å². The molecular formula is C12H12BrNS2. The number of thiophene rings is 1. The van der Waals surface area contributed by atoms with E-state index >= 15 is 0 Å². The zero-order valence-electron chi connectivity index (χ0n) is 8.81. The van der Waals surface area contributed by atoms with Crippen molar-refractivity contribution >= 4 is 39.0 Å². The van der Waals surface area contributed by atoms with Crippen LogP contribution >= 0.6 is 39.0 Å². The van der Waals surface area contributed by atoms with Gasteiger partial charge < -0.3 is 5.73 Å². The van der Waals surface area contributed by atoms with Crippen LogP contribution in [0.15, 0.2) is 49.3 Å². The van der Waals surface area contributed by atoms with Gasteiger partial charge in [-0.2, -0.15) is 0 Å². The predicted molar refractivity (Wildman–Crippen MR) is 75.2 cm³/mol. The third-order valence-corrected chi connectivity index (χ3v) is 5.22. The zero-order valence-corrected chi connectivity index (χ0v) is 12.0. The monoisotopic (exact) mass is 313 g/mol. The second kappa shape index (κ2) is 5.36. The summed E-state index contributed by atoms with van der Waals surface area (Å²) >= 11 is 7.12. The molecule has 0 unspecified atom stereocenters. The van der Waals surface area contributed by atoms with E-state index in [1.165, 1.54) is 9.10 Å². The number of nitrogens with two attached hydrogens (primary N) is 1. The first-order valence-corrected chi connectivity index (χ1v) is 7.42. The number of hydrogen-bond donors (Lipinski definition) is 1. The fourth-order valence-corrected chi connectivity index (χ4v) is 3.69. The molecular weight excluding hydrogens is 302 g/mol.